The largest absolute Gasteiger partial charge is 0.493 e. The predicted molar refractivity (Wildman–Crippen MR) is 104 cm³/mol. The summed E-state index contributed by atoms with van der Waals surface area (Å²) in [5, 5.41) is 0. The number of aldehydes is 1. The molecule has 0 radical (unpaired) electrons. The average Bonchev–Trinajstić information content (AvgIpc) is 2.70. The van der Waals surface area contributed by atoms with Crippen LogP contribution in [0, 0.1) is 0 Å². The molecule has 0 fully saturated rings. The van der Waals surface area contributed by atoms with Crippen molar-refractivity contribution in [3.63, 3.8) is 0 Å². The fourth-order valence-electron chi connectivity index (χ4n) is 2.47. The van der Waals surface area contributed by atoms with Crippen LogP contribution in [0.25, 0.3) is 5.76 Å². The summed E-state index contributed by atoms with van der Waals surface area (Å²) in [4.78, 5) is 10.9. The van der Waals surface area contributed by atoms with Crippen molar-refractivity contribution >= 4 is 12.0 Å². The molecule has 0 N–H and O–H groups in total. The molecule has 0 bridgehead atoms. The zero-order valence-electron chi connectivity index (χ0n) is 15.4. The van der Waals surface area contributed by atoms with Gasteiger partial charge < -0.3 is 14.2 Å². The first-order chi connectivity index (χ1) is 12.8. The lowest BCUT2D eigenvalue weighted by Gasteiger charge is -2.12. The first-order valence-electron chi connectivity index (χ1n) is 8.96. The molecule has 0 unspecified atom stereocenters. The Labute approximate surface area is 155 Å². The SMILES string of the molecule is CCCCCCO/C(=C/Oc1ccc(C=O)cc1OC)c1ccccc1. The van der Waals surface area contributed by atoms with Gasteiger partial charge >= 0.3 is 0 Å². The minimum absolute atomic E-state index is 0.501. The van der Waals surface area contributed by atoms with E-state index in [1.807, 2.05) is 30.3 Å². The number of ether oxygens (including phenoxy) is 3. The zero-order valence-corrected chi connectivity index (χ0v) is 15.4. The van der Waals surface area contributed by atoms with Gasteiger partial charge in [-0.3, -0.25) is 4.79 Å². The van der Waals surface area contributed by atoms with Gasteiger partial charge in [0.2, 0.25) is 0 Å². The van der Waals surface area contributed by atoms with Crippen LogP contribution in [-0.4, -0.2) is 20.0 Å². The van der Waals surface area contributed by atoms with Gasteiger partial charge in [0.05, 0.1) is 13.7 Å². The standard InChI is InChI=1S/C22H26O4/c1-3-4-5-9-14-25-22(19-10-7-6-8-11-19)17-26-20-13-12-18(16-23)15-21(20)24-2/h6-8,10-13,15-17H,3-5,9,14H2,1-2H3/b22-17+. The first-order valence-corrected chi connectivity index (χ1v) is 8.96. The lowest BCUT2D eigenvalue weighted by molar-refractivity contribution is 0.112. The third kappa shape index (κ3) is 5.96. The Balaban J connectivity index is 2.13. The molecule has 0 heterocycles. The molecule has 0 aliphatic carbocycles. The van der Waals surface area contributed by atoms with Gasteiger partial charge in [-0.15, -0.1) is 0 Å². The summed E-state index contributed by atoms with van der Waals surface area (Å²) < 4.78 is 17.0. The summed E-state index contributed by atoms with van der Waals surface area (Å²) in [6.07, 6.45) is 6.94. The van der Waals surface area contributed by atoms with Gasteiger partial charge in [0, 0.05) is 11.1 Å². The summed E-state index contributed by atoms with van der Waals surface area (Å²) in [7, 11) is 1.54. The zero-order chi connectivity index (χ0) is 18.6. The fraction of sp³-hybridized carbons (Fsp3) is 0.318. The van der Waals surface area contributed by atoms with Crippen LogP contribution < -0.4 is 9.47 Å². The van der Waals surface area contributed by atoms with Crippen molar-refractivity contribution in [2.75, 3.05) is 13.7 Å². The van der Waals surface area contributed by atoms with Gasteiger partial charge in [0.1, 0.15) is 12.5 Å². The first kappa shape index (κ1) is 19.6. The van der Waals surface area contributed by atoms with Crippen LogP contribution >= 0.6 is 0 Å². The van der Waals surface area contributed by atoms with Gasteiger partial charge in [0.15, 0.2) is 17.3 Å². The number of rotatable bonds is 11. The minimum Gasteiger partial charge on any atom is -0.493 e. The molecule has 0 saturated heterocycles. The fourth-order valence-corrected chi connectivity index (χ4v) is 2.47. The van der Waals surface area contributed by atoms with Crippen LogP contribution in [0.5, 0.6) is 11.5 Å². The predicted octanol–water partition coefficient (Wildman–Crippen LogP) is 5.48. The van der Waals surface area contributed by atoms with Crippen molar-refractivity contribution in [3.05, 3.63) is 65.9 Å². The molecule has 2 aromatic carbocycles. The maximum atomic E-state index is 10.9. The Kier molecular flexibility index (Phi) is 8.27. The Morgan fingerprint density at radius 3 is 2.50 bits per heavy atom. The topological polar surface area (TPSA) is 44.8 Å². The lowest BCUT2D eigenvalue weighted by Crippen LogP contribution is -1.98. The van der Waals surface area contributed by atoms with Crippen LogP contribution in [0.15, 0.2) is 54.8 Å². The highest BCUT2D eigenvalue weighted by molar-refractivity contribution is 5.76. The van der Waals surface area contributed by atoms with Crippen molar-refractivity contribution in [1.82, 2.24) is 0 Å². The molecule has 0 atom stereocenters. The van der Waals surface area contributed by atoms with Gasteiger partial charge in [0.25, 0.3) is 0 Å². The molecule has 4 heteroatoms. The van der Waals surface area contributed by atoms with Crippen molar-refractivity contribution in [2.24, 2.45) is 0 Å². The van der Waals surface area contributed by atoms with E-state index in [-0.39, 0.29) is 0 Å². The maximum absolute atomic E-state index is 10.9. The van der Waals surface area contributed by atoms with E-state index in [0.717, 1.165) is 24.7 Å². The highest BCUT2D eigenvalue weighted by Gasteiger charge is 2.08. The summed E-state index contributed by atoms with van der Waals surface area (Å²) in [6, 6.07) is 14.9. The maximum Gasteiger partial charge on any atom is 0.168 e. The smallest absolute Gasteiger partial charge is 0.168 e. The highest BCUT2D eigenvalue weighted by atomic mass is 16.5. The van der Waals surface area contributed by atoms with Crippen LogP contribution in [0.3, 0.4) is 0 Å². The number of hydrogen-bond donors (Lipinski definition) is 0. The van der Waals surface area contributed by atoms with E-state index >= 15 is 0 Å². The van der Waals surface area contributed by atoms with E-state index in [2.05, 4.69) is 6.92 Å². The van der Waals surface area contributed by atoms with Crippen LogP contribution in [0.2, 0.25) is 0 Å². The second-order valence-corrected chi connectivity index (χ2v) is 5.90. The van der Waals surface area contributed by atoms with E-state index in [0.29, 0.717) is 29.4 Å². The number of carbonyl (C=O) groups is 1. The summed E-state index contributed by atoms with van der Waals surface area (Å²) in [5.74, 6) is 1.70. The highest BCUT2D eigenvalue weighted by Crippen LogP contribution is 2.29. The van der Waals surface area contributed by atoms with E-state index in [1.165, 1.54) is 12.8 Å². The Morgan fingerprint density at radius 2 is 1.81 bits per heavy atom. The number of carbonyl (C=O) groups excluding carboxylic acids is 1. The van der Waals surface area contributed by atoms with Gasteiger partial charge in [-0.2, -0.15) is 0 Å². The lowest BCUT2D eigenvalue weighted by atomic mass is 10.2. The average molecular weight is 354 g/mol. The third-order valence-electron chi connectivity index (χ3n) is 3.93. The molecule has 0 aromatic heterocycles. The molecule has 138 valence electrons. The second-order valence-electron chi connectivity index (χ2n) is 5.90. The number of unbranched alkanes of at least 4 members (excludes halogenated alkanes) is 3. The monoisotopic (exact) mass is 354 g/mol. The Morgan fingerprint density at radius 1 is 1.00 bits per heavy atom. The van der Waals surface area contributed by atoms with E-state index in [9.17, 15) is 4.79 Å². The van der Waals surface area contributed by atoms with Crippen molar-refractivity contribution in [1.29, 1.82) is 0 Å². The van der Waals surface area contributed by atoms with E-state index in [4.69, 9.17) is 14.2 Å². The quantitative estimate of drug-likeness (QED) is 0.304. The number of benzene rings is 2. The molecular weight excluding hydrogens is 328 g/mol. The molecule has 0 saturated carbocycles. The van der Waals surface area contributed by atoms with Crippen molar-refractivity contribution in [2.45, 2.75) is 32.6 Å². The van der Waals surface area contributed by atoms with Crippen LogP contribution in [0.4, 0.5) is 0 Å². The van der Waals surface area contributed by atoms with E-state index < -0.39 is 0 Å². The summed E-state index contributed by atoms with van der Waals surface area (Å²) in [5.41, 5.74) is 1.49. The van der Waals surface area contributed by atoms with Gasteiger partial charge in [-0.1, -0.05) is 56.5 Å². The molecule has 0 aliphatic rings. The third-order valence-corrected chi connectivity index (χ3v) is 3.93. The summed E-state index contributed by atoms with van der Waals surface area (Å²) in [6.45, 7) is 2.83. The molecule has 2 rings (SSSR count). The Bertz CT molecular complexity index is 707. The normalized spacial score (nSPS) is 11.1. The van der Waals surface area contributed by atoms with Crippen molar-refractivity contribution in [3.8, 4) is 11.5 Å². The number of methoxy groups -OCH3 is 1. The molecule has 0 spiro atoms. The van der Waals surface area contributed by atoms with E-state index in [1.54, 1.807) is 31.6 Å². The van der Waals surface area contributed by atoms with Crippen LogP contribution in [0.1, 0.15) is 48.5 Å². The van der Waals surface area contributed by atoms with Gasteiger partial charge in [-0.25, -0.2) is 0 Å². The molecule has 26 heavy (non-hydrogen) atoms. The van der Waals surface area contributed by atoms with Crippen molar-refractivity contribution < 1.29 is 19.0 Å². The minimum atomic E-state index is 0.501. The number of hydrogen-bond acceptors (Lipinski definition) is 4. The molecule has 4 nitrogen and oxygen atoms in total. The summed E-state index contributed by atoms with van der Waals surface area (Å²) >= 11 is 0. The molecule has 0 amide bonds. The van der Waals surface area contributed by atoms with Crippen LogP contribution in [-0.2, 0) is 4.74 Å². The molecular formula is C22H26O4. The van der Waals surface area contributed by atoms with Gasteiger partial charge in [-0.05, 0) is 24.6 Å². The Hall–Kier alpha value is -2.75. The second kappa shape index (κ2) is 11.0. The molecule has 0 aliphatic heterocycles. The molecule has 2 aromatic rings.